The van der Waals surface area contributed by atoms with Crippen LogP contribution in [-0.2, 0) is 4.79 Å². The Kier molecular flexibility index (Phi) is 3.31. The lowest BCUT2D eigenvalue weighted by Gasteiger charge is -2.32. The molecule has 0 radical (unpaired) electrons. The van der Waals surface area contributed by atoms with E-state index in [-0.39, 0.29) is 16.9 Å². The average Bonchev–Trinajstić information content (AvgIpc) is 1.48. The zero-order valence-corrected chi connectivity index (χ0v) is 9.12. The van der Waals surface area contributed by atoms with E-state index in [1.165, 1.54) is 0 Å². The highest BCUT2D eigenvalue weighted by Gasteiger charge is 2.25. The summed E-state index contributed by atoms with van der Waals surface area (Å²) in [5, 5.41) is 2.94. The molecule has 0 spiro atoms. The first-order valence-corrected chi connectivity index (χ1v) is 4.41. The van der Waals surface area contributed by atoms with Crippen molar-refractivity contribution in [2.45, 2.75) is 53.5 Å². The smallest absolute Gasteiger partial charge is 0.217 e. The van der Waals surface area contributed by atoms with Crippen molar-refractivity contribution in [3.8, 4) is 0 Å². The van der Waals surface area contributed by atoms with Crippen LogP contribution in [0, 0.1) is 5.41 Å². The highest BCUT2D eigenvalue weighted by molar-refractivity contribution is 5.73. The van der Waals surface area contributed by atoms with Gasteiger partial charge in [-0.15, -0.1) is 0 Å². The first kappa shape index (κ1) is 11.5. The summed E-state index contributed by atoms with van der Waals surface area (Å²) >= 11 is 0. The predicted octanol–water partition coefficient (Wildman–Crippen LogP) is 2.34. The average molecular weight is 171 g/mol. The van der Waals surface area contributed by atoms with Crippen molar-refractivity contribution < 1.29 is 4.79 Å². The van der Waals surface area contributed by atoms with Crippen LogP contribution in [0.2, 0.25) is 0 Å². The summed E-state index contributed by atoms with van der Waals surface area (Å²) in [4.78, 5) is 10.8. The maximum absolute atomic E-state index is 10.8. The standard InChI is InChI=1S/C10H21NO/c1-8(12)11-10(5,6)7-9(2,3)4/h7H2,1-6H3,(H,11,12). The van der Waals surface area contributed by atoms with Gasteiger partial charge in [0, 0.05) is 12.5 Å². The minimum Gasteiger partial charge on any atom is -0.351 e. The molecule has 0 aliphatic rings. The van der Waals surface area contributed by atoms with Crippen molar-refractivity contribution in [3.63, 3.8) is 0 Å². The fraction of sp³-hybridized carbons (Fsp3) is 0.900. The Bertz CT molecular complexity index is 165. The van der Waals surface area contributed by atoms with Crippen LogP contribution < -0.4 is 5.32 Å². The predicted molar refractivity (Wildman–Crippen MR) is 52.0 cm³/mol. The minimum absolute atomic E-state index is 0.0456. The normalized spacial score (nSPS) is 12.8. The van der Waals surface area contributed by atoms with Crippen LogP contribution >= 0.6 is 0 Å². The fourth-order valence-electron chi connectivity index (χ4n) is 1.85. The van der Waals surface area contributed by atoms with Gasteiger partial charge in [-0.1, -0.05) is 20.8 Å². The van der Waals surface area contributed by atoms with Gasteiger partial charge in [0.2, 0.25) is 5.91 Å². The van der Waals surface area contributed by atoms with Crippen LogP contribution in [0.4, 0.5) is 0 Å². The molecule has 1 N–H and O–H groups in total. The van der Waals surface area contributed by atoms with Gasteiger partial charge in [0.05, 0.1) is 0 Å². The Morgan fingerprint density at radius 3 is 1.83 bits per heavy atom. The van der Waals surface area contributed by atoms with Crippen LogP contribution in [0.1, 0.15) is 48.0 Å². The molecule has 0 aromatic heterocycles. The van der Waals surface area contributed by atoms with Crippen molar-refractivity contribution in [2.75, 3.05) is 0 Å². The Morgan fingerprint density at radius 1 is 1.17 bits per heavy atom. The molecule has 0 atom stereocenters. The van der Waals surface area contributed by atoms with E-state index in [0.717, 1.165) is 6.42 Å². The second kappa shape index (κ2) is 3.46. The number of carbonyl (C=O) groups excluding carboxylic acids is 1. The molecule has 2 nitrogen and oxygen atoms in total. The summed E-state index contributed by atoms with van der Waals surface area (Å²) in [6.45, 7) is 12.2. The Morgan fingerprint density at radius 2 is 1.58 bits per heavy atom. The van der Waals surface area contributed by atoms with Gasteiger partial charge in [0.15, 0.2) is 0 Å². The lowest BCUT2D eigenvalue weighted by atomic mass is 9.82. The molecule has 2 heteroatoms. The van der Waals surface area contributed by atoms with Crippen LogP contribution in [0.15, 0.2) is 0 Å². The molecule has 12 heavy (non-hydrogen) atoms. The maximum Gasteiger partial charge on any atom is 0.217 e. The van der Waals surface area contributed by atoms with E-state index in [0.29, 0.717) is 0 Å². The van der Waals surface area contributed by atoms with E-state index >= 15 is 0 Å². The van der Waals surface area contributed by atoms with E-state index in [1.807, 2.05) is 0 Å². The van der Waals surface area contributed by atoms with E-state index in [2.05, 4.69) is 39.9 Å². The van der Waals surface area contributed by atoms with E-state index in [4.69, 9.17) is 0 Å². The van der Waals surface area contributed by atoms with Gasteiger partial charge in [0.25, 0.3) is 0 Å². The van der Waals surface area contributed by atoms with Gasteiger partial charge in [0.1, 0.15) is 0 Å². The van der Waals surface area contributed by atoms with Crippen LogP contribution in [0.25, 0.3) is 0 Å². The third-order valence-electron chi connectivity index (χ3n) is 1.49. The number of amides is 1. The van der Waals surface area contributed by atoms with Gasteiger partial charge >= 0.3 is 0 Å². The zero-order chi connectivity index (χ0) is 9.99. The molecule has 0 rings (SSSR count). The van der Waals surface area contributed by atoms with Gasteiger partial charge in [-0.2, -0.15) is 0 Å². The number of rotatable bonds is 2. The molecule has 0 unspecified atom stereocenters. The molecule has 0 fully saturated rings. The molecule has 0 aromatic rings. The lowest BCUT2D eigenvalue weighted by Crippen LogP contribution is -2.44. The molecule has 0 aromatic carbocycles. The first-order chi connectivity index (χ1) is 5.12. The van der Waals surface area contributed by atoms with Crippen LogP contribution in [0.3, 0.4) is 0 Å². The van der Waals surface area contributed by atoms with Gasteiger partial charge < -0.3 is 5.32 Å². The molecule has 0 aliphatic heterocycles. The number of nitrogens with one attached hydrogen (secondary N) is 1. The second-order valence-electron chi connectivity index (χ2n) is 5.30. The van der Waals surface area contributed by atoms with Crippen molar-refractivity contribution in [3.05, 3.63) is 0 Å². The highest BCUT2D eigenvalue weighted by Crippen LogP contribution is 2.26. The molecular formula is C10H21NO. The van der Waals surface area contributed by atoms with E-state index < -0.39 is 0 Å². The number of hydrogen-bond acceptors (Lipinski definition) is 1. The van der Waals surface area contributed by atoms with Gasteiger partial charge in [-0.25, -0.2) is 0 Å². The topological polar surface area (TPSA) is 29.1 Å². The van der Waals surface area contributed by atoms with Crippen molar-refractivity contribution in [1.29, 1.82) is 0 Å². The molecule has 0 bridgehead atoms. The summed E-state index contributed by atoms with van der Waals surface area (Å²) in [7, 11) is 0. The van der Waals surface area contributed by atoms with Crippen molar-refractivity contribution >= 4 is 5.91 Å². The number of carbonyl (C=O) groups is 1. The second-order valence-corrected chi connectivity index (χ2v) is 5.30. The molecule has 0 saturated carbocycles. The maximum atomic E-state index is 10.8. The minimum atomic E-state index is -0.0932. The van der Waals surface area contributed by atoms with E-state index in [9.17, 15) is 4.79 Å². The summed E-state index contributed by atoms with van der Waals surface area (Å²) < 4.78 is 0. The summed E-state index contributed by atoms with van der Waals surface area (Å²) in [5.74, 6) is 0.0456. The molecular weight excluding hydrogens is 150 g/mol. The molecule has 0 heterocycles. The zero-order valence-electron chi connectivity index (χ0n) is 9.12. The molecule has 0 saturated heterocycles. The number of hydrogen-bond donors (Lipinski definition) is 1. The third kappa shape index (κ3) is 6.20. The van der Waals surface area contributed by atoms with Crippen LogP contribution in [0.5, 0.6) is 0 Å². The van der Waals surface area contributed by atoms with Crippen molar-refractivity contribution in [1.82, 2.24) is 5.32 Å². The third-order valence-corrected chi connectivity index (χ3v) is 1.49. The van der Waals surface area contributed by atoms with Crippen molar-refractivity contribution in [2.24, 2.45) is 5.41 Å². The summed E-state index contributed by atoms with van der Waals surface area (Å²) in [5.41, 5.74) is 0.163. The molecule has 1 amide bonds. The summed E-state index contributed by atoms with van der Waals surface area (Å²) in [6.07, 6.45) is 0.986. The van der Waals surface area contributed by atoms with Gasteiger partial charge in [-0.3, -0.25) is 4.79 Å². The summed E-state index contributed by atoms with van der Waals surface area (Å²) in [6, 6.07) is 0. The van der Waals surface area contributed by atoms with E-state index in [1.54, 1.807) is 6.92 Å². The Hall–Kier alpha value is -0.530. The molecule has 72 valence electrons. The van der Waals surface area contributed by atoms with Gasteiger partial charge in [-0.05, 0) is 25.7 Å². The largest absolute Gasteiger partial charge is 0.351 e. The SMILES string of the molecule is CC(=O)NC(C)(C)CC(C)(C)C. The Balaban J connectivity index is 4.13. The van der Waals surface area contributed by atoms with Crippen LogP contribution in [-0.4, -0.2) is 11.4 Å². The monoisotopic (exact) mass is 171 g/mol. The molecule has 0 aliphatic carbocycles. The highest BCUT2D eigenvalue weighted by atomic mass is 16.1. The lowest BCUT2D eigenvalue weighted by molar-refractivity contribution is -0.120. The Labute approximate surface area is 75.7 Å². The quantitative estimate of drug-likeness (QED) is 0.679. The fourth-order valence-corrected chi connectivity index (χ4v) is 1.85. The first-order valence-electron chi connectivity index (χ1n) is 4.41.